The molecular formula is C22H47ClN2O5. The first-order valence-corrected chi connectivity index (χ1v) is 10.7. The van der Waals surface area contributed by atoms with E-state index in [9.17, 15) is 4.79 Å². The molecule has 1 amide bonds. The van der Waals surface area contributed by atoms with Gasteiger partial charge in [-0.15, -0.1) is 11.6 Å². The molecule has 1 aliphatic heterocycles. The molecule has 0 aromatic heterocycles. The topological polar surface area (TPSA) is 147 Å². The lowest BCUT2D eigenvalue weighted by Gasteiger charge is -2.47. The van der Waals surface area contributed by atoms with Crippen molar-refractivity contribution in [1.29, 1.82) is 0 Å². The second-order valence-electron chi connectivity index (χ2n) is 8.99. The Hall–Kier alpha value is -0.700. The summed E-state index contributed by atoms with van der Waals surface area (Å²) in [5, 5.41) is 12.6. The van der Waals surface area contributed by atoms with Gasteiger partial charge in [0.1, 0.15) is 0 Å². The van der Waals surface area contributed by atoms with E-state index in [1.807, 2.05) is 0 Å². The van der Waals surface area contributed by atoms with Gasteiger partial charge in [0.25, 0.3) is 0 Å². The van der Waals surface area contributed by atoms with E-state index < -0.39 is 0 Å². The minimum Gasteiger partial charge on any atom is -0.412 e. The highest BCUT2D eigenvalue weighted by atomic mass is 35.5. The number of allylic oxidation sites excluding steroid dienone is 2. The Morgan fingerprint density at radius 2 is 1.93 bits per heavy atom. The van der Waals surface area contributed by atoms with Gasteiger partial charge in [-0.1, -0.05) is 46.8 Å². The number of nitrogens with zero attached hydrogens (tertiary/aromatic N) is 1. The first-order valence-electron chi connectivity index (χ1n) is 10.2. The van der Waals surface area contributed by atoms with Gasteiger partial charge in [-0.25, -0.2) is 0 Å². The maximum absolute atomic E-state index is 13.1. The maximum Gasteiger partial charge on any atom is 0.239 e. The molecule has 8 N–H and O–H groups in total. The second-order valence-corrected chi connectivity index (χ2v) is 9.61. The minimum absolute atomic E-state index is 0. The van der Waals surface area contributed by atoms with Crippen LogP contribution in [0.2, 0.25) is 0 Å². The number of amides is 1. The highest BCUT2D eigenvalue weighted by Crippen LogP contribution is 2.43. The van der Waals surface area contributed by atoms with Crippen LogP contribution >= 0.6 is 11.6 Å². The zero-order valence-corrected chi connectivity index (χ0v) is 19.2. The largest absolute Gasteiger partial charge is 0.412 e. The number of rotatable bonds is 7. The molecule has 1 heterocycles. The van der Waals surface area contributed by atoms with Crippen LogP contribution in [0.25, 0.3) is 0 Å². The molecule has 8 heteroatoms. The lowest BCUT2D eigenvalue weighted by atomic mass is 9.68. The van der Waals surface area contributed by atoms with E-state index in [1.165, 1.54) is 0 Å². The van der Waals surface area contributed by atoms with Crippen LogP contribution in [-0.2, 0) is 4.79 Å². The van der Waals surface area contributed by atoms with Crippen LogP contribution in [0.15, 0.2) is 11.6 Å². The van der Waals surface area contributed by atoms with Crippen molar-refractivity contribution in [2.45, 2.75) is 78.6 Å². The standard InChI is InChI=1S/C21H37ClN2O2.CH4.3H2O/c1-15(2)19(23-11-5-13-25)20(26)24-12-10-18(21(3,4)14-24)16-6-8-17(22)9-7-16;;;;/h6,15,17-19,23,25H,5,7-14H2,1-4H3;1H4;3*1H2/t17?,18?,19-;;;;/m1..../s1. The third-order valence-electron chi connectivity index (χ3n) is 6.00. The van der Waals surface area contributed by atoms with Crippen molar-refractivity contribution in [3.63, 3.8) is 0 Å². The van der Waals surface area contributed by atoms with Crippen LogP contribution in [0.4, 0.5) is 0 Å². The van der Waals surface area contributed by atoms with E-state index in [0.29, 0.717) is 24.3 Å². The Morgan fingerprint density at radius 1 is 1.30 bits per heavy atom. The summed E-state index contributed by atoms with van der Waals surface area (Å²) in [6, 6.07) is -0.167. The maximum atomic E-state index is 13.1. The minimum atomic E-state index is -0.167. The third-order valence-corrected chi connectivity index (χ3v) is 6.40. The Bertz CT molecular complexity index is 514. The number of likely N-dealkylation sites (tertiary alicyclic amines) is 1. The molecule has 0 aromatic rings. The van der Waals surface area contributed by atoms with Crippen molar-refractivity contribution in [2.75, 3.05) is 26.2 Å². The summed E-state index contributed by atoms with van der Waals surface area (Å²) in [6.45, 7) is 11.2. The van der Waals surface area contributed by atoms with E-state index >= 15 is 0 Å². The van der Waals surface area contributed by atoms with Gasteiger partial charge in [-0.2, -0.15) is 0 Å². The molecule has 3 atom stereocenters. The average molecular weight is 455 g/mol. The number of carbonyl (C=O) groups excluding carboxylic acids is 1. The predicted molar refractivity (Wildman–Crippen MR) is 126 cm³/mol. The van der Waals surface area contributed by atoms with E-state index in [2.05, 4.69) is 44.0 Å². The van der Waals surface area contributed by atoms with E-state index in [4.69, 9.17) is 16.7 Å². The highest BCUT2D eigenvalue weighted by Gasteiger charge is 2.41. The molecular weight excluding hydrogens is 408 g/mol. The number of hydrogen-bond donors (Lipinski definition) is 2. The van der Waals surface area contributed by atoms with Gasteiger partial charge < -0.3 is 31.8 Å². The molecule has 0 saturated carbocycles. The molecule has 1 saturated heterocycles. The van der Waals surface area contributed by atoms with Gasteiger partial charge in [-0.05, 0) is 55.9 Å². The molecule has 30 heavy (non-hydrogen) atoms. The SMILES string of the molecule is C.CC(C)[C@@H](NCCCO)C(=O)N1CCC(C2=CCC(Cl)CC2)C(C)(C)C1.O.O.O. The number of hydrogen-bond acceptors (Lipinski definition) is 3. The Kier molecular flexibility index (Phi) is 17.1. The van der Waals surface area contributed by atoms with Crippen molar-refractivity contribution in [3.05, 3.63) is 11.6 Å². The van der Waals surface area contributed by atoms with Gasteiger partial charge in [0, 0.05) is 25.1 Å². The smallest absolute Gasteiger partial charge is 0.239 e. The lowest BCUT2D eigenvalue weighted by molar-refractivity contribution is -0.138. The fraction of sp³-hybridized carbons (Fsp3) is 0.864. The second kappa shape index (κ2) is 15.2. The summed E-state index contributed by atoms with van der Waals surface area (Å²) in [6.07, 6.45) is 7.24. The molecule has 0 radical (unpaired) electrons. The first kappa shape index (κ1) is 33.9. The zero-order chi connectivity index (χ0) is 19.3. The Morgan fingerprint density at radius 3 is 2.40 bits per heavy atom. The van der Waals surface area contributed by atoms with Crippen LogP contribution in [0, 0.1) is 17.3 Å². The number of carbonyl (C=O) groups is 1. The molecule has 182 valence electrons. The number of alkyl halides is 1. The molecule has 0 bridgehead atoms. The zero-order valence-electron chi connectivity index (χ0n) is 18.4. The van der Waals surface area contributed by atoms with Gasteiger partial charge in [-0.3, -0.25) is 4.79 Å². The molecule has 0 spiro atoms. The molecule has 1 aliphatic carbocycles. The monoisotopic (exact) mass is 454 g/mol. The summed E-state index contributed by atoms with van der Waals surface area (Å²) in [7, 11) is 0. The van der Waals surface area contributed by atoms with Crippen molar-refractivity contribution < 1.29 is 26.3 Å². The molecule has 2 unspecified atom stereocenters. The van der Waals surface area contributed by atoms with E-state index in [1.54, 1.807) is 5.57 Å². The van der Waals surface area contributed by atoms with Crippen LogP contribution in [0.5, 0.6) is 0 Å². The highest BCUT2D eigenvalue weighted by molar-refractivity contribution is 6.20. The summed E-state index contributed by atoms with van der Waals surface area (Å²) in [4.78, 5) is 15.2. The van der Waals surface area contributed by atoms with Crippen molar-refractivity contribution >= 4 is 17.5 Å². The summed E-state index contributed by atoms with van der Waals surface area (Å²) >= 11 is 6.25. The number of nitrogens with one attached hydrogen (secondary N) is 1. The van der Waals surface area contributed by atoms with Crippen LogP contribution in [0.1, 0.15) is 67.2 Å². The van der Waals surface area contributed by atoms with Crippen LogP contribution in [-0.4, -0.2) is 70.0 Å². The summed E-state index contributed by atoms with van der Waals surface area (Å²) < 4.78 is 0. The Balaban J connectivity index is -0.00000182. The predicted octanol–water partition coefficient (Wildman–Crippen LogP) is 1.74. The van der Waals surface area contributed by atoms with Crippen molar-refractivity contribution in [3.8, 4) is 0 Å². The molecule has 7 nitrogen and oxygen atoms in total. The first-order chi connectivity index (χ1) is 12.3. The summed E-state index contributed by atoms with van der Waals surface area (Å²) in [5.74, 6) is 1.00. The summed E-state index contributed by atoms with van der Waals surface area (Å²) in [5.41, 5.74) is 1.64. The molecule has 1 fully saturated rings. The van der Waals surface area contributed by atoms with Crippen LogP contribution in [0.3, 0.4) is 0 Å². The van der Waals surface area contributed by atoms with Crippen LogP contribution < -0.4 is 5.32 Å². The molecule has 0 aromatic carbocycles. The van der Waals surface area contributed by atoms with Crippen molar-refractivity contribution in [1.82, 2.24) is 10.2 Å². The molecule has 2 aliphatic rings. The Labute approximate surface area is 188 Å². The van der Waals surface area contributed by atoms with Gasteiger partial charge in [0.05, 0.1) is 6.04 Å². The number of aliphatic hydroxyl groups is 1. The fourth-order valence-corrected chi connectivity index (χ4v) is 4.71. The quantitative estimate of drug-likeness (QED) is 0.342. The number of halogens is 1. The molecule has 2 rings (SSSR count). The van der Waals surface area contributed by atoms with Crippen molar-refractivity contribution in [2.24, 2.45) is 17.3 Å². The van der Waals surface area contributed by atoms with Gasteiger partial charge in [0.2, 0.25) is 5.91 Å². The average Bonchev–Trinajstić information content (AvgIpc) is 2.58. The lowest BCUT2D eigenvalue weighted by Crippen LogP contribution is -2.55. The third kappa shape index (κ3) is 8.81. The number of piperidine rings is 1. The normalized spacial score (nSPS) is 23.7. The van der Waals surface area contributed by atoms with Gasteiger partial charge >= 0.3 is 0 Å². The van der Waals surface area contributed by atoms with E-state index in [0.717, 1.165) is 38.8 Å². The fourth-order valence-electron chi connectivity index (χ4n) is 4.51. The van der Waals surface area contributed by atoms with E-state index in [-0.39, 0.29) is 53.7 Å². The number of aliphatic hydroxyl groups excluding tert-OH is 1. The van der Waals surface area contributed by atoms with Gasteiger partial charge in [0.15, 0.2) is 0 Å².